The Kier molecular flexibility index (Phi) is 3.85. The van der Waals surface area contributed by atoms with Gasteiger partial charge in [0.1, 0.15) is 5.82 Å². The lowest BCUT2D eigenvalue weighted by molar-refractivity contribution is 0.504. The van der Waals surface area contributed by atoms with E-state index in [1.807, 2.05) is 36.4 Å². The Balaban J connectivity index is 1.90. The van der Waals surface area contributed by atoms with Gasteiger partial charge in [0.05, 0.1) is 17.8 Å². The molecule has 0 aliphatic carbocycles. The number of hydrogen-bond acceptors (Lipinski definition) is 4. The lowest BCUT2D eigenvalue weighted by Crippen LogP contribution is -2.30. The summed E-state index contributed by atoms with van der Waals surface area (Å²) in [4.78, 5) is 8.33. The number of nitrogens with two attached hydrogens (primary N) is 1. The fraction of sp³-hybridized carbons (Fsp3) is 0.125. The molecule has 0 saturated heterocycles. The minimum absolute atomic E-state index is 0.346. The van der Waals surface area contributed by atoms with E-state index in [-0.39, 0.29) is 11.9 Å². The van der Waals surface area contributed by atoms with Crippen LogP contribution in [0.4, 0.5) is 4.39 Å². The molecule has 1 unspecified atom stereocenters. The van der Waals surface area contributed by atoms with Crippen LogP contribution in [0.5, 0.6) is 0 Å². The molecule has 2 aromatic heterocycles. The zero-order valence-corrected chi connectivity index (χ0v) is 11.3. The summed E-state index contributed by atoms with van der Waals surface area (Å²) < 4.78 is 13.8. The summed E-state index contributed by atoms with van der Waals surface area (Å²) in [6.07, 6.45) is 3.24. The second-order valence-electron chi connectivity index (χ2n) is 4.82. The van der Waals surface area contributed by atoms with Gasteiger partial charge in [0.15, 0.2) is 0 Å². The monoisotopic (exact) mass is 282 g/mol. The van der Waals surface area contributed by atoms with Crippen LogP contribution in [-0.4, -0.2) is 9.97 Å². The molecule has 1 aromatic carbocycles. The number of fused-ring (bicyclic) bond motifs is 1. The highest BCUT2D eigenvalue weighted by atomic mass is 19.1. The summed E-state index contributed by atoms with van der Waals surface area (Å²) in [5, 5.41) is 1.08. The zero-order valence-electron chi connectivity index (χ0n) is 11.3. The average Bonchev–Trinajstić information content (AvgIpc) is 2.53. The molecule has 2 heterocycles. The number of rotatable bonds is 4. The molecule has 1 atom stereocenters. The topological polar surface area (TPSA) is 63.8 Å². The van der Waals surface area contributed by atoms with Crippen molar-refractivity contribution in [3.63, 3.8) is 0 Å². The first-order chi connectivity index (χ1) is 10.3. The number of nitrogens with zero attached hydrogens (tertiary/aromatic N) is 2. The predicted octanol–water partition coefficient (Wildman–Crippen LogP) is 2.52. The molecule has 0 radical (unpaired) electrons. The van der Waals surface area contributed by atoms with Gasteiger partial charge in [0.25, 0.3) is 0 Å². The Labute approximate surface area is 121 Å². The molecule has 0 amide bonds. The van der Waals surface area contributed by atoms with Crippen LogP contribution < -0.4 is 11.3 Å². The summed E-state index contributed by atoms with van der Waals surface area (Å²) in [5.41, 5.74) is 4.91. The van der Waals surface area contributed by atoms with Crippen molar-refractivity contribution in [1.82, 2.24) is 15.4 Å². The highest BCUT2D eigenvalue weighted by molar-refractivity contribution is 5.78. The summed E-state index contributed by atoms with van der Waals surface area (Å²) in [7, 11) is 0. The van der Waals surface area contributed by atoms with Crippen molar-refractivity contribution in [2.45, 2.75) is 12.5 Å². The Morgan fingerprint density at radius 1 is 1.14 bits per heavy atom. The maximum absolute atomic E-state index is 13.8. The van der Waals surface area contributed by atoms with Gasteiger partial charge in [-0.05, 0) is 18.2 Å². The summed E-state index contributed by atoms with van der Waals surface area (Å²) in [6, 6.07) is 13.1. The normalized spacial score (nSPS) is 12.5. The molecule has 0 saturated carbocycles. The second-order valence-corrected chi connectivity index (χ2v) is 4.82. The number of nitrogens with one attached hydrogen (secondary N) is 1. The molecule has 3 N–H and O–H groups in total. The first-order valence-electron chi connectivity index (χ1n) is 6.68. The molecule has 0 fully saturated rings. The quantitative estimate of drug-likeness (QED) is 0.570. The SMILES string of the molecule is NNC(Cc1ccc2ccccc2n1)c1ccncc1F. The van der Waals surface area contributed by atoms with Crippen molar-refractivity contribution >= 4 is 10.9 Å². The van der Waals surface area contributed by atoms with E-state index >= 15 is 0 Å². The minimum atomic E-state index is -0.374. The molecule has 0 aliphatic heterocycles. The zero-order chi connectivity index (χ0) is 14.7. The Morgan fingerprint density at radius 2 is 2.00 bits per heavy atom. The first kappa shape index (κ1) is 13.6. The molecule has 5 heteroatoms. The van der Waals surface area contributed by atoms with Crippen molar-refractivity contribution in [3.8, 4) is 0 Å². The average molecular weight is 282 g/mol. The maximum atomic E-state index is 13.8. The third-order valence-electron chi connectivity index (χ3n) is 3.45. The highest BCUT2D eigenvalue weighted by Gasteiger charge is 2.15. The van der Waals surface area contributed by atoms with Gasteiger partial charge in [0.2, 0.25) is 0 Å². The number of hydrazine groups is 1. The van der Waals surface area contributed by atoms with Crippen LogP contribution in [0.25, 0.3) is 10.9 Å². The van der Waals surface area contributed by atoms with Crippen LogP contribution in [0.1, 0.15) is 17.3 Å². The maximum Gasteiger partial charge on any atom is 0.146 e. The van der Waals surface area contributed by atoms with Crippen molar-refractivity contribution in [2.75, 3.05) is 0 Å². The van der Waals surface area contributed by atoms with E-state index in [0.29, 0.717) is 12.0 Å². The molecule has 3 rings (SSSR count). The number of benzene rings is 1. The van der Waals surface area contributed by atoms with Crippen molar-refractivity contribution in [2.24, 2.45) is 5.84 Å². The van der Waals surface area contributed by atoms with Crippen molar-refractivity contribution < 1.29 is 4.39 Å². The van der Waals surface area contributed by atoms with Gasteiger partial charge in [-0.3, -0.25) is 21.2 Å². The predicted molar refractivity (Wildman–Crippen MR) is 79.7 cm³/mol. The molecular formula is C16H15FN4. The number of hydrogen-bond donors (Lipinski definition) is 2. The molecule has 3 aromatic rings. The standard InChI is InChI=1S/C16H15FN4/c17-14-10-19-8-7-13(14)16(21-18)9-12-6-5-11-3-1-2-4-15(11)20-12/h1-8,10,16,21H,9,18H2. The van der Waals surface area contributed by atoms with E-state index in [1.165, 1.54) is 6.20 Å². The summed E-state index contributed by atoms with van der Waals surface area (Å²) >= 11 is 0. The molecule has 21 heavy (non-hydrogen) atoms. The number of pyridine rings is 2. The summed E-state index contributed by atoms with van der Waals surface area (Å²) in [5.74, 6) is 5.20. The van der Waals surface area contributed by atoms with E-state index < -0.39 is 0 Å². The Bertz CT molecular complexity index is 760. The van der Waals surface area contributed by atoms with E-state index in [2.05, 4.69) is 15.4 Å². The lowest BCUT2D eigenvalue weighted by Gasteiger charge is -2.16. The smallest absolute Gasteiger partial charge is 0.146 e. The van der Waals surface area contributed by atoms with Crippen LogP contribution in [0.2, 0.25) is 0 Å². The van der Waals surface area contributed by atoms with E-state index in [0.717, 1.165) is 16.6 Å². The van der Waals surface area contributed by atoms with E-state index in [4.69, 9.17) is 5.84 Å². The van der Waals surface area contributed by atoms with E-state index in [9.17, 15) is 4.39 Å². The van der Waals surface area contributed by atoms with E-state index in [1.54, 1.807) is 12.3 Å². The van der Waals surface area contributed by atoms with Crippen LogP contribution in [-0.2, 0) is 6.42 Å². The minimum Gasteiger partial charge on any atom is -0.271 e. The van der Waals surface area contributed by atoms with Gasteiger partial charge >= 0.3 is 0 Å². The fourth-order valence-corrected chi connectivity index (χ4v) is 2.36. The third-order valence-corrected chi connectivity index (χ3v) is 3.45. The van der Waals surface area contributed by atoms with Gasteiger partial charge in [-0.15, -0.1) is 0 Å². The number of halogens is 1. The highest BCUT2D eigenvalue weighted by Crippen LogP contribution is 2.20. The molecular weight excluding hydrogens is 267 g/mol. The second kappa shape index (κ2) is 5.95. The summed E-state index contributed by atoms with van der Waals surface area (Å²) in [6.45, 7) is 0. The number of para-hydroxylation sites is 1. The fourth-order valence-electron chi connectivity index (χ4n) is 2.36. The Morgan fingerprint density at radius 3 is 2.81 bits per heavy atom. The Hall–Kier alpha value is -2.37. The molecule has 106 valence electrons. The first-order valence-corrected chi connectivity index (χ1v) is 6.68. The van der Waals surface area contributed by atoms with Gasteiger partial charge in [-0.25, -0.2) is 4.39 Å². The van der Waals surface area contributed by atoms with Crippen LogP contribution >= 0.6 is 0 Å². The van der Waals surface area contributed by atoms with Crippen molar-refractivity contribution in [3.05, 3.63) is 71.9 Å². The molecule has 0 aliphatic rings. The van der Waals surface area contributed by atoms with Crippen LogP contribution in [0.3, 0.4) is 0 Å². The van der Waals surface area contributed by atoms with Gasteiger partial charge < -0.3 is 0 Å². The molecule has 0 spiro atoms. The largest absolute Gasteiger partial charge is 0.271 e. The molecule has 4 nitrogen and oxygen atoms in total. The lowest BCUT2D eigenvalue weighted by atomic mass is 10.0. The van der Waals surface area contributed by atoms with Gasteiger partial charge in [-0.1, -0.05) is 24.3 Å². The van der Waals surface area contributed by atoms with Crippen LogP contribution in [0, 0.1) is 5.82 Å². The van der Waals surface area contributed by atoms with Crippen LogP contribution in [0.15, 0.2) is 54.9 Å². The third kappa shape index (κ3) is 2.89. The van der Waals surface area contributed by atoms with Gasteiger partial charge in [-0.2, -0.15) is 0 Å². The van der Waals surface area contributed by atoms with Crippen molar-refractivity contribution in [1.29, 1.82) is 0 Å². The van der Waals surface area contributed by atoms with Gasteiger partial charge in [0, 0.05) is 29.3 Å². The molecule has 0 bridgehead atoms. The number of aromatic nitrogens is 2.